The van der Waals surface area contributed by atoms with Gasteiger partial charge in [-0.05, 0) is 75.8 Å². The van der Waals surface area contributed by atoms with Crippen LogP contribution in [0.2, 0.25) is 0 Å². The zero-order valence-electron chi connectivity index (χ0n) is 30.8. The first-order valence-electron chi connectivity index (χ1n) is 19.2. The Balaban J connectivity index is 1.26. The highest BCUT2D eigenvalue weighted by Crippen LogP contribution is 2.48. The molecule has 9 aromatic carbocycles. The highest BCUT2D eigenvalue weighted by atomic mass is 15.2. The summed E-state index contributed by atoms with van der Waals surface area (Å²) < 4.78 is 2.47. The van der Waals surface area contributed by atoms with Gasteiger partial charge in [0.1, 0.15) is 0 Å². The fourth-order valence-corrected chi connectivity index (χ4v) is 8.30. The van der Waals surface area contributed by atoms with E-state index < -0.39 is 0 Å². The van der Waals surface area contributed by atoms with E-state index in [2.05, 4.69) is 240 Å². The second-order valence-electron chi connectivity index (χ2n) is 14.1. The lowest BCUT2D eigenvalue weighted by atomic mass is 9.93. The lowest BCUT2D eigenvalue weighted by Gasteiger charge is -2.29. The van der Waals surface area contributed by atoms with Gasteiger partial charge in [-0.1, -0.05) is 188 Å². The second-order valence-corrected chi connectivity index (χ2v) is 14.1. The van der Waals surface area contributed by atoms with Crippen LogP contribution < -0.4 is 4.90 Å². The van der Waals surface area contributed by atoms with Crippen LogP contribution in [0.3, 0.4) is 0 Å². The van der Waals surface area contributed by atoms with Crippen molar-refractivity contribution in [3.05, 3.63) is 231 Å². The third kappa shape index (κ3) is 5.85. The summed E-state index contributed by atoms with van der Waals surface area (Å²) >= 11 is 0. The molecule has 0 bridgehead atoms. The minimum atomic E-state index is 1.09. The Hall–Kier alpha value is -7.42. The molecular weight excluding hydrogens is 677 g/mol. The number of nitrogens with zero attached hydrogens (tertiary/aromatic N) is 2. The van der Waals surface area contributed by atoms with E-state index in [1.54, 1.807) is 0 Å². The molecule has 0 saturated heterocycles. The van der Waals surface area contributed by atoms with E-state index in [-0.39, 0.29) is 0 Å². The Bertz CT molecular complexity index is 2950. The summed E-state index contributed by atoms with van der Waals surface area (Å²) in [6.07, 6.45) is 0. The zero-order valence-corrected chi connectivity index (χ0v) is 30.8. The lowest BCUT2D eigenvalue weighted by molar-refractivity contribution is 1.18. The molecule has 264 valence electrons. The second kappa shape index (κ2) is 14.4. The van der Waals surface area contributed by atoms with Gasteiger partial charge in [0.05, 0.1) is 28.1 Å². The lowest BCUT2D eigenvalue weighted by Crippen LogP contribution is -2.11. The van der Waals surface area contributed by atoms with Crippen molar-refractivity contribution in [3.63, 3.8) is 0 Å². The van der Waals surface area contributed by atoms with Gasteiger partial charge in [-0.15, -0.1) is 0 Å². The first-order valence-corrected chi connectivity index (χ1v) is 19.2. The molecule has 0 amide bonds. The first-order chi connectivity index (χ1) is 27.8. The van der Waals surface area contributed by atoms with Crippen LogP contribution in [0.4, 0.5) is 17.1 Å². The first kappa shape index (κ1) is 33.2. The smallest absolute Gasteiger partial charge is 0.0562 e. The maximum Gasteiger partial charge on any atom is 0.0562 e. The Kier molecular flexibility index (Phi) is 8.55. The van der Waals surface area contributed by atoms with Gasteiger partial charge in [-0.25, -0.2) is 0 Å². The summed E-state index contributed by atoms with van der Waals surface area (Å²) in [6, 6.07) is 83.1. The van der Waals surface area contributed by atoms with E-state index in [0.29, 0.717) is 0 Å². The van der Waals surface area contributed by atoms with Gasteiger partial charge in [-0.2, -0.15) is 0 Å². The molecular formula is C54H38N2. The Morgan fingerprint density at radius 3 is 1.54 bits per heavy atom. The molecule has 0 atom stereocenters. The molecule has 10 rings (SSSR count). The van der Waals surface area contributed by atoms with E-state index in [0.717, 1.165) is 33.8 Å². The molecule has 0 fully saturated rings. The molecule has 0 radical (unpaired) electrons. The van der Waals surface area contributed by atoms with Gasteiger partial charge in [0.2, 0.25) is 0 Å². The molecule has 2 heteroatoms. The molecule has 10 aromatic rings. The van der Waals surface area contributed by atoms with Crippen molar-refractivity contribution in [2.24, 2.45) is 0 Å². The van der Waals surface area contributed by atoms with Crippen LogP contribution in [0.5, 0.6) is 0 Å². The Morgan fingerprint density at radius 1 is 0.304 bits per heavy atom. The largest absolute Gasteiger partial charge is 0.309 e. The van der Waals surface area contributed by atoms with Gasteiger partial charge in [0.15, 0.2) is 0 Å². The van der Waals surface area contributed by atoms with E-state index in [1.807, 2.05) is 0 Å². The quantitative estimate of drug-likeness (QED) is 0.152. The van der Waals surface area contributed by atoms with Crippen molar-refractivity contribution in [1.82, 2.24) is 4.57 Å². The minimum Gasteiger partial charge on any atom is -0.309 e. The summed E-state index contributed by atoms with van der Waals surface area (Å²) in [5.74, 6) is 0. The maximum atomic E-state index is 2.47. The molecule has 0 saturated carbocycles. The summed E-state index contributed by atoms with van der Waals surface area (Å²) in [4.78, 5) is 2.45. The van der Waals surface area contributed by atoms with Gasteiger partial charge in [-0.3, -0.25) is 0 Å². The topological polar surface area (TPSA) is 8.17 Å². The molecule has 2 nitrogen and oxygen atoms in total. The predicted molar refractivity (Wildman–Crippen MR) is 237 cm³/mol. The highest BCUT2D eigenvalue weighted by Gasteiger charge is 2.24. The van der Waals surface area contributed by atoms with Crippen LogP contribution in [0, 0.1) is 0 Å². The maximum absolute atomic E-state index is 2.47. The number of fused-ring (bicyclic) bond motifs is 3. The molecule has 1 aromatic heterocycles. The summed E-state index contributed by atoms with van der Waals surface area (Å²) in [6.45, 7) is 0. The molecule has 0 N–H and O–H groups in total. The third-order valence-electron chi connectivity index (χ3n) is 10.8. The Labute approximate surface area is 327 Å². The van der Waals surface area contributed by atoms with E-state index in [4.69, 9.17) is 0 Å². The van der Waals surface area contributed by atoms with Crippen LogP contribution >= 0.6 is 0 Å². The highest BCUT2D eigenvalue weighted by molar-refractivity contribution is 6.17. The van der Waals surface area contributed by atoms with Crippen LogP contribution in [-0.4, -0.2) is 4.57 Å². The number of rotatable bonds is 8. The Morgan fingerprint density at radius 2 is 0.821 bits per heavy atom. The SMILES string of the molecule is c1ccc(-c2ccc(-c3ccccc3)c(-n3c4ccccc4c4c(N(c5ccccc5)c5ccccc5-c5ccccc5-c5ccccc5)cccc43)c2)cc1. The van der Waals surface area contributed by atoms with Crippen LogP contribution in [0.15, 0.2) is 231 Å². The molecule has 0 aliphatic carbocycles. The fourth-order valence-electron chi connectivity index (χ4n) is 8.30. The number of para-hydroxylation sites is 3. The van der Waals surface area contributed by atoms with Gasteiger partial charge < -0.3 is 9.47 Å². The average Bonchev–Trinajstić information content (AvgIpc) is 3.63. The van der Waals surface area contributed by atoms with Crippen LogP contribution in [0.25, 0.3) is 72.0 Å². The van der Waals surface area contributed by atoms with Gasteiger partial charge in [0.25, 0.3) is 0 Å². The molecule has 0 spiro atoms. The van der Waals surface area contributed by atoms with Crippen molar-refractivity contribution >= 4 is 38.9 Å². The zero-order chi connectivity index (χ0) is 37.3. The number of aromatic nitrogens is 1. The van der Waals surface area contributed by atoms with Crippen molar-refractivity contribution in [2.75, 3.05) is 4.90 Å². The van der Waals surface area contributed by atoms with Gasteiger partial charge in [0, 0.05) is 27.6 Å². The predicted octanol–water partition coefficient (Wildman–Crippen LogP) is 14.9. The van der Waals surface area contributed by atoms with Crippen molar-refractivity contribution in [1.29, 1.82) is 0 Å². The number of hydrogen-bond donors (Lipinski definition) is 0. The standard InChI is InChI=1S/C54H38N2/c1-5-20-39(21-6-1)42-36-37-45(41-24-9-3-10-25-41)53(38-42)56-50-33-18-16-31-48(50)54-51(34-19-35-52(54)56)55(43-26-11-4-12-27-43)49-32-17-15-30-47(49)46-29-14-13-28-44(46)40-22-7-2-8-23-40/h1-38H. The van der Waals surface area contributed by atoms with Crippen molar-refractivity contribution < 1.29 is 0 Å². The average molecular weight is 715 g/mol. The normalized spacial score (nSPS) is 11.2. The van der Waals surface area contributed by atoms with Gasteiger partial charge >= 0.3 is 0 Å². The summed E-state index contributed by atoms with van der Waals surface area (Å²) in [5.41, 5.74) is 16.3. The molecule has 0 aliphatic heterocycles. The summed E-state index contributed by atoms with van der Waals surface area (Å²) in [5, 5.41) is 2.40. The molecule has 1 heterocycles. The van der Waals surface area contributed by atoms with Crippen LogP contribution in [-0.2, 0) is 0 Å². The molecule has 56 heavy (non-hydrogen) atoms. The molecule has 0 unspecified atom stereocenters. The number of benzene rings is 9. The monoisotopic (exact) mass is 714 g/mol. The van der Waals surface area contributed by atoms with Crippen molar-refractivity contribution in [3.8, 4) is 50.2 Å². The number of anilines is 3. The number of hydrogen-bond acceptors (Lipinski definition) is 1. The minimum absolute atomic E-state index is 1.09. The third-order valence-corrected chi connectivity index (χ3v) is 10.8. The summed E-state index contributed by atoms with van der Waals surface area (Å²) in [7, 11) is 0. The molecule has 0 aliphatic rings. The van der Waals surface area contributed by atoms with E-state index >= 15 is 0 Å². The van der Waals surface area contributed by atoms with Crippen LogP contribution in [0.1, 0.15) is 0 Å². The van der Waals surface area contributed by atoms with E-state index in [9.17, 15) is 0 Å². The van der Waals surface area contributed by atoms with E-state index in [1.165, 1.54) is 55.3 Å². The fraction of sp³-hybridized carbons (Fsp3) is 0. The van der Waals surface area contributed by atoms with Crippen molar-refractivity contribution in [2.45, 2.75) is 0 Å².